The Bertz CT molecular complexity index is 253. The van der Waals surface area contributed by atoms with Crippen molar-refractivity contribution in [3.05, 3.63) is 0 Å². The fourth-order valence-electron chi connectivity index (χ4n) is 3.93. The number of hydrogen-bond donors (Lipinski definition) is 1. The van der Waals surface area contributed by atoms with Gasteiger partial charge < -0.3 is 15.1 Å². The van der Waals surface area contributed by atoms with Gasteiger partial charge in [0.2, 0.25) is 0 Å². The molecule has 0 aromatic heterocycles. The third-order valence-corrected chi connectivity index (χ3v) is 4.99. The molecule has 0 aromatic carbocycles. The number of hydrogen-bond acceptors (Lipinski definition) is 3. The van der Waals surface area contributed by atoms with Gasteiger partial charge in [-0.3, -0.25) is 0 Å². The average Bonchev–Trinajstić information content (AvgIpc) is 2.46. The standard InChI is InChI=1S/C17H35N3/c1-4-20(14-16-6-5-9-18-12-16)17-7-10-19(11-8-17)13-15(2)3/h15-18H,4-14H2,1-3H3. The lowest BCUT2D eigenvalue weighted by molar-refractivity contribution is 0.0892. The Balaban J connectivity index is 1.74. The molecular weight excluding hydrogens is 246 g/mol. The Morgan fingerprint density at radius 2 is 1.95 bits per heavy atom. The number of nitrogens with zero attached hydrogens (tertiary/aromatic N) is 2. The van der Waals surface area contributed by atoms with E-state index in [2.05, 4.69) is 35.9 Å². The van der Waals surface area contributed by atoms with Gasteiger partial charge in [0, 0.05) is 19.1 Å². The maximum atomic E-state index is 3.56. The molecular formula is C17H35N3. The number of rotatable bonds is 6. The summed E-state index contributed by atoms with van der Waals surface area (Å²) in [5, 5.41) is 3.56. The highest BCUT2D eigenvalue weighted by molar-refractivity contribution is 4.82. The van der Waals surface area contributed by atoms with E-state index in [1.165, 1.54) is 71.5 Å². The molecule has 0 bridgehead atoms. The molecule has 2 aliphatic rings. The van der Waals surface area contributed by atoms with Crippen LogP contribution in [0, 0.1) is 11.8 Å². The second-order valence-electron chi connectivity index (χ2n) is 7.23. The predicted molar refractivity (Wildman–Crippen MR) is 87.1 cm³/mol. The molecule has 1 atom stereocenters. The highest BCUT2D eigenvalue weighted by Crippen LogP contribution is 2.20. The molecule has 0 amide bonds. The summed E-state index contributed by atoms with van der Waals surface area (Å²) in [4.78, 5) is 5.43. The van der Waals surface area contributed by atoms with Crippen molar-refractivity contribution in [1.29, 1.82) is 0 Å². The summed E-state index contributed by atoms with van der Waals surface area (Å²) in [6.45, 7) is 15.9. The molecule has 1 unspecified atom stereocenters. The molecule has 3 nitrogen and oxygen atoms in total. The fourth-order valence-corrected chi connectivity index (χ4v) is 3.93. The van der Waals surface area contributed by atoms with Crippen LogP contribution in [0.15, 0.2) is 0 Å². The van der Waals surface area contributed by atoms with Crippen LogP contribution in [0.25, 0.3) is 0 Å². The van der Waals surface area contributed by atoms with E-state index in [4.69, 9.17) is 0 Å². The van der Waals surface area contributed by atoms with Crippen LogP contribution in [0.4, 0.5) is 0 Å². The number of piperidine rings is 2. The Morgan fingerprint density at radius 1 is 1.20 bits per heavy atom. The quantitative estimate of drug-likeness (QED) is 0.807. The van der Waals surface area contributed by atoms with Gasteiger partial charge in [0.1, 0.15) is 0 Å². The Morgan fingerprint density at radius 3 is 2.50 bits per heavy atom. The van der Waals surface area contributed by atoms with Crippen LogP contribution in [0.1, 0.15) is 46.5 Å². The van der Waals surface area contributed by atoms with Gasteiger partial charge in [-0.15, -0.1) is 0 Å². The van der Waals surface area contributed by atoms with Gasteiger partial charge in [0.15, 0.2) is 0 Å². The first-order valence-corrected chi connectivity index (χ1v) is 8.86. The summed E-state index contributed by atoms with van der Waals surface area (Å²) in [5.41, 5.74) is 0. The monoisotopic (exact) mass is 281 g/mol. The molecule has 3 heteroatoms. The summed E-state index contributed by atoms with van der Waals surface area (Å²) in [6, 6.07) is 0.838. The van der Waals surface area contributed by atoms with Gasteiger partial charge in [-0.1, -0.05) is 20.8 Å². The van der Waals surface area contributed by atoms with Crippen molar-refractivity contribution in [3.8, 4) is 0 Å². The third-order valence-electron chi connectivity index (χ3n) is 4.99. The van der Waals surface area contributed by atoms with Crippen molar-refractivity contribution in [2.24, 2.45) is 11.8 Å². The van der Waals surface area contributed by atoms with E-state index < -0.39 is 0 Å². The van der Waals surface area contributed by atoms with Crippen LogP contribution < -0.4 is 5.32 Å². The van der Waals surface area contributed by atoms with Gasteiger partial charge in [0.05, 0.1) is 0 Å². The van der Waals surface area contributed by atoms with E-state index in [9.17, 15) is 0 Å². The van der Waals surface area contributed by atoms with Gasteiger partial charge in [0.25, 0.3) is 0 Å². The lowest BCUT2D eigenvalue weighted by Gasteiger charge is -2.40. The number of likely N-dealkylation sites (tertiary alicyclic amines) is 1. The second kappa shape index (κ2) is 8.35. The normalized spacial score (nSPS) is 26.6. The van der Waals surface area contributed by atoms with Gasteiger partial charge in [-0.25, -0.2) is 0 Å². The number of nitrogens with one attached hydrogen (secondary N) is 1. The zero-order valence-electron chi connectivity index (χ0n) is 13.9. The van der Waals surface area contributed by atoms with Crippen LogP contribution in [0.2, 0.25) is 0 Å². The summed E-state index contributed by atoms with van der Waals surface area (Å²) in [6.07, 6.45) is 5.55. The predicted octanol–water partition coefficient (Wildman–Crippen LogP) is 2.43. The average molecular weight is 281 g/mol. The van der Waals surface area contributed by atoms with E-state index in [1.54, 1.807) is 0 Å². The minimum atomic E-state index is 0.808. The van der Waals surface area contributed by atoms with Crippen LogP contribution in [0.3, 0.4) is 0 Å². The molecule has 20 heavy (non-hydrogen) atoms. The van der Waals surface area contributed by atoms with Gasteiger partial charge in [-0.2, -0.15) is 0 Å². The first-order valence-electron chi connectivity index (χ1n) is 8.86. The molecule has 118 valence electrons. The van der Waals surface area contributed by atoms with E-state index in [-0.39, 0.29) is 0 Å². The largest absolute Gasteiger partial charge is 0.316 e. The highest BCUT2D eigenvalue weighted by Gasteiger charge is 2.26. The van der Waals surface area contributed by atoms with E-state index in [0.29, 0.717) is 0 Å². The molecule has 2 aliphatic heterocycles. The van der Waals surface area contributed by atoms with Crippen molar-refractivity contribution in [2.75, 3.05) is 45.8 Å². The summed E-state index contributed by atoms with van der Waals surface area (Å²) in [7, 11) is 0. The second-order valence-corrected chi connectivity index (χ2v) is 7.23. The van der Waals surface area contributed by atoms with Gasteiger partial charge >= 0.3 is 0 Å². The molecule has 0 radical (unpaired) electrons. The molecule has 0 aliphatic carbocycles. The molecule has 0 saturated carbocycles. The summed E-state index contributed by atoms with van der Waals surface area (Å²) >= 11 is 0. The van der Waals surface area contributed by atoms with Crippen molar-refractivity contribution in [2.45, 2.75) is 52.5 Å². The zero-order chi connectivity index (χ0) is 14.4. The van der Waals surface area contributed by atoms with E-state index in [1.807, 2.05) is 0 Å². The lowest BCUT2D eigenvalue weighted by atomic mass is 9.96. The van der Waals surface area contributed by atoms with Crippen LogP contribution in [-0.2, 0) is 0 Å². The summed E-state index contributed by atoms with van der Waals surface area (Å²) in [5.74, 6) is 1.69. The Labute approximate surface area is 126 Å². The maximum Gasteiger partial charge on any atom is 0.0120 e. The first-order chi connectivity index (χ1) is 9.69. The molecule has 2 saturated heterocycles. The minimum Gasteiger partial charge on any atom is -0.316 e. The molecule has 0 spiro atoms. The molecule has 1 N–H and O–H groups in total. The minimum absolute atomic E-state index is 0.808. The van der Waals surface area contributed by atoms with Crippen LogP contribution >= 0.6 is 0 Å². The van der Waals surface area contributed by atoms with Crippen molar-refractivity contribution >= 4 is 0 Å². The zero-order valence-corrected chi connectivity index (χ0v) is 13.9. The van der Waals surface area contributed by atoms with Gasteiger partial charge in [-0.05, 0) is 70.2 Å². The van der Waals surface area contributed by atoms with Crippen molar-refractivity contribution in [1.82, 2.24) is 15.1 Å². The topological polar surface area (TPSA) is 18.5 Å². The van der Waals surface area contributed by atoms with Crippen molar-refractivity contribution in [3.63, 3.8) is 0 Å². The molecule has 2 heterocycles. The third kappa shape index (κ3) is 5.01. The first kappa shape index (κ1) is 16.3. The Kier molecular flexibility index (Phi) is 6.79. The van der Waals surface area contributed by atoms with Crippen molar-refractivity contribution < 1.29 is 0 Å². The van der Waals surface area contributed by atoms with E-state index in [0.717, 1.165) is 17.9 Å². The fraction of sp³-hybridized carbons (Fsp3) is 1.00. The smallest absolute Gasteiger partial charge is 0.0120 e. The lowest BCUT2D eigenvalue weighted by Crippen LogP contribution is -2.48. The maximum absolute atomic E-state index is 3.56. The SMILES string of the molecule is CCN(CC1CCCNC1)C1CCN(CC(C)C)CC1. The van der Waals surface area contributed by atoms with E-state index >= 15 is 0 Å². The Hall–Kier alpha value is -0.120. The van der Waals surface area contributed by atoms with Crippen LogP contribution in [-0.4, -0.2) is 61.7 Å². The summed E-state index contributed by atoms with van der Waals surface area (Å²) < 4.78 is 0. The molecule has 2 rings (SSSR count). The highest BCUT2D eigenvalue weighted by atomic mass is 15.2. The molecule has 0 aromatic rings. The van der Waals surface area contributed by atoms with Crippen LogP contribution in [0.5, 0.6) is 0 Å². The molecule has 2 fully saturated rings.